The van der Waals surface area contributed by atoms with Crippen molar-refractivity contribution in [3.63, 3.8) is 0 Å². The number of benzene rings is 3. The first kappa shape index (κ1) is 25.7. The smallest absolute Gasteiger partial charge is 0.308 e. The maximum absolute atomic E-state index is 13.4. The van der Waals surface area contributed by atoms with E-state index in [2.05, 4.69) is 0 Å². The van der Waals surface area contributed by atoms with Crippen LogP contribution in [0.15, 0.2) is 78.4 Å². The molecule has 7 nitrogen and oxygen atoms in total. The van der Waals surface area contributed by atoms with Crippen LogP contribution >= 0.6 is 0 Å². The van der Waals surface area contributed by atoms with Crippen LogP contribution in [0.3, 0.4) is 0 Å². The third-order valence-electron chi connectivity index (χ3n) is 6.10. The van der Waals surface area contributed by atoms with Gasteiger partial charge in [-0.1, -0.05) is 38.1 Å². The second-order valence-corrected chi connectivity index (χ2v) is 8.73. The Morgan fingerprint density at radius 1 is 0.946 bits per heavy atom. The van der Waals surface area contributed by atoms with Gasteiger partial charge in [0.1, 0.15) is 17.3 Å². The summed E-state index contributed by atoms with van der Waals surface area (Å²) in [6.07, 6.45) is 1.68. The third-order valence-corrected chi connectivity index (χ3v) is 6.10. The highest BCUT2D eigenvalue weighted by atomic mass is 16.5. The zero-order valence-electron chi connectivity index (χ0n) is 21.1. The van der Waals surface area contributed by atoms with Crippen molar-refractivity contribution in [3.8, 4) is 11.5 Å². The molecule has 3 aromatic carbocycles. The summed E-state index contributed by atoms with van der Waals surface area (Å²) >= 11 is 0. The maximum Gasteiger partial charge on any atom is 0.308 e. The van der Waals surface area contributed by atoms with E-state index in [-0.39, 0.29) is 17.1 Å². The summed E-state index contributed by atoms with van der Waals surface area (Å²) in [6, 6.07) is 19.8. The lowest BCUT2D eigenvalue weighted by Gasteiger charge is -2.26. The van der Waals surface area contributed by atoms with E-state index in [4.69, 9.17) is 9.47 Å². The lowest BCUT2D eigenvalue weighted by molar-refractivity contribution is -0.132. The number of hydrogen-bond donors (Lipinski definition) is 1. The first-order valence-corrected chi connectivity index (χ1v) is 12.3. The Labute approximate surface area is 215 Å². The van der Waals surface area contributed by atoms with Crippen LogP contribution < -0.4 is 14.4 Å². The molecular formula is C30H29NO6. The molecule has 0 saturated carbocycles. The molecule has 0 aromatic heterocycles. The number of amides is 1. The van der Waals surface area contributed by atoms with E-state index in [1.165, 1.54) is 11.8 Å². The van der Waals surface area contributed by atoms with Crippen LogP contribution in [0.1, 0.15) is 49.9 Å². The van der Waals surface area contributed by atoms with Gasteiger partial charge in [0.15, 0.2) is 0 Å². The number of ketones is 1. The quantitative estimate of drug-likeness (QED) is 0.143. The molecule has 1 fully saturated rings. The van der Waals surface area contributed by atoms with Gasteiger partial charge in [-0.25, -0.2) is 0 Å². The molecule has 1 unspecified atom stereocenters. The normalized spacial score (nSPS) is 16.6. The monoisotopic (exact) mass is 499 g/mol. The van der Waals surface area contributed by atoms with Gasteiger partial charge in [-0.2, -0.15) is 0 Å². The van der Waals surface area contributed by atoms with Gasteiger partial charge >= 0.3 is 5.97 Å². The van der Waals surface area contributed by atoms with Crippen LogP contribution in [0.5, 0.6) is 11.5 Å². The van der Waals surface area contributed by atoms with Crippen LogP contribution in [0.2, 0.25) is 0 Å². The number of aliphatic hydroxyl groups excluding tert-OH is 1. The molecule has 1 aliphatic rings. The Kier molecular flexibility index (Phi) is 7.72. The Balaban J connectivity index is 1.85. The number of carbonyl (C=O) groups is 3. The molecular weight excluding hydrogens is 470 g/mol. The number of esters is 1. The number of rotatable bonds is 8. The lowest BCUT2D eigenvalue weighted by Crippen LogP contribution is -2.29. The second-order valence-electron chi connectivity index (χ2n) is 8.73. The molecule has 0 aliphatic carbocycles. The molecule has 7 heteroatoms. The van der Waals surface area contributed by atoms with Crippen molar-refractivity contribution in [3.05, 3.63) is 95.1 Å². The van der Waals surface area contributed by atoms with Gasteiger partial charge in [0.25, 0.3) is 11.7 Å². The summed E-state index contributed by atoms with van der Waals surface area (Å²) in [5.74, 6) is -1.43. The number of ether oxygens (including phenoxy) is 2. The predicted molar refractivity (Wildman–Crippen MR) is 141 cm³/mol. The van der Waals surface area contributed by atoms with Crippen LogP contribution in [-0.4, -0.2) is 29.4 Å². The van der Waals surface area contributed by atoms with Crippen LogP contribution in [0, 0.1) is 0 Å². The van der Waals surface area contributed by atoms with Crippen molar-refractivity contribution in [2.75, 3.05) is 11.5 Å². The fourth-order valence-electron chi connectivity index (χ4n) is 4.31. The average Bonchev–Trinajstić information content (AvgIpc) is 3.17. The average molecular weight is 500 g/mol. The van der Waals surface area contributed by atoms with Crippen LogP contribution in [0.25, 0.3) is 5.76 Å². The van der Waals surface area contributed by atoms with Crippen molar-refractivity contribution < 1.29 is 29.0 Å². The SMILES string of the molecule is CCCOc1ccc(/C(O)=C2/C(=O)C(=O)N(c3ccc(CC)cc3)C2c2cccc(OC(C)=O)c2)cc1. The van der Waals surface area contributed by atoms with Crippen LogP contribution in [0.4, 0.5) is 5.69 Å². The first-order chi connectivity index (χ1) is 17.8. The fourth-order valence-corrected chi connectivity index (χ4v) is 4.31. The predicted octanol–water partition coefficient (Wildman–Crippen LogP) is 5.59. The molecule has 3 aromatic rings. The molecule has 0 spiro atoms. The van der Waals surface area contributed by atoms with Gasteiger partial charge in [-0.15, -0.1) is 0 Å². The van der Waals surface area contributed by atoms with E-state index in [1.54, 1.807) is 60.7 Å². The topological polar surface area (TPSA) is 93.1 Å². The number of aliphatic hydroxyl groups is 1. The number of Topliss-reactive ketones (excluding diaryl/α,β-unsaturated/α-hetero) is 1. The fraction of sp³-hybridized carbons (Fsp3) is 0.233. The van der Waals surface area contributed by atoms with Crippen molar-refractivity contribution >= 4 is 29.1 Å². The highest BCUT2D eigenvalue weighted by Gasteiger charge is 2.47. The summed E-state index contributed by atoms with van der Waals surface area (Å²) in [7, 11) is 0. The number of anilines is 1. The molecule has 37 heavy (non-hydrogen) atoms. The van der Waals surface area contributed by atoms with Gasteiger partial charge in [0, 0.05) is 18.2 Å². The van der Waals surface area contributed by atoms with Gasteiger partial charge in [-0.3, -0.25) is 19.3 Å². The molecule has 1 saturated heterocycles. The van der Waals surface area contributed by atoms with Gasteiger partial charge in [0.2, 0.25) is 0 Å². The Hall–Kier alpha value is -4.39. The molecule has 190 valence electrons. The van der Waals surface area contributed by atoms with E-state index < -0.39 is 23.7 Å². The summed E-state index contributed by atoms with van der Waals surface area (Å²) < 4.78 is 10.9. The number of hydrogen-bond acceptors (Lipinski definition) is 6. The van der Waals surface area contributed by atoms with Gasteiger partial charge < -0.3 is 14.6 Å². The highest BCUT2D eigenvalue weighted by molar-refractivity contribution is 6.51. The molecule has 4 rings (SSSR count). The van der Waals surface area contributed by atoms with E-state index in [1.807, 2.05) is 26.0 Å². The first-order valence-electron chi connectivity index (χ1n) is 12.3. The standard InChI is InChI=1S/C30H29NO6/c1-4-17-36-24-15-11-21(12-16-24)28(33)26-27(22-7-6-8-25(18-22)37-19(3)32)31(30(35)29(26)34)23-13-9-20(5-2)10-14-23/h6-16,18,27,33H,4-5,17H2,1-3H3/b28-26-. The minimum Gasteiger partial charge on any atom is -0.507 e. The van der Waals surface area contributed by atoms with Crippen molar-refractivity contribution in [1.29, 1.82) is 0 Å². The second kappa shape index (κ2) is 11.1. The van der Waals surface area contributed by atoms with Crippen molar-refractivity contribution in [2.24, 2.45) is 0 Å². The third kappa shape index (κ3) is 5.40. The number of aryl methyl sites for hydroxylation is 1. The summed E-state index contributed by atoms with van der Waals surface area (Å²) in [4.78, 5) is 39.6. The lowest BCUT2D eigenvalue weighted by atomic mass is 9.95. The molecule has 1 N–H and O–H groups in total. The zero-order valence-corrected chi connectivity index (χ0v) is 21.1. The van der Waals surface area contributed by atoms with Gasteiger partial charge in [0.05, 0.1) is 18.2 Å². The highest BCUT2D eigenvalue weighted by Crippen LogP contribution is 2.43. The van der Waals surface area contributed by atoms with Crippen LogP contribution in [-0.2, 0) is 20.8 Å². The molecule has 0 bridgehead atoms. The van der Waals surface area contributed by atoms with Crippen molar-refractivity contribution in [2.45, 2.75) is 39.7 Å². The zero-order chi connectivity index (χ0) is 26.5. The largest absolute Gasteiger partial charge is 0.507 e. The van der Waals surface area contributed by atoms with E-state index in [9.17, 15) is 19.5 Å². The van der Waals surface area contributed by atoms with E-state index in [0.717, 1.165) is 18.4 Å². The minimum atomic E-state index is -0.931. The maximum atomic E-state index is 13.4. The number of carbonyl (C=O) groups excluding carboxylic acids is 3. The summed E-state index contributed by atoms with van der Waals surface area (Å²) in [5, 5.41) is 11.3. The molecule has 1 atom stereocenters. The summed E-state index contributed by atoms with van der Waals surface area (Å²) in [5.41, 5.74) is 2.45. The van der Waals surface area contributed by atoms with Crippen molar-refractivity contribution in [1.82, 2.24) is 0 Å². The number of nitrogens with zero attached hydrogens (tertiary/aromatic N) is 1. The van der Waals surface area contributed by atoms with E-state index in [0.29, 0.717) is 29.2 Å². The molecule has 0 radical (unpaired) electrons. The molecule has 1 amide bonds. The minimum absolute atomic E-state index is 0.0493. The molecule has 1 heterocycles. The Morgan fingerprint density at radius 2 is 1.65 bits per heavy atom. The van der Waals surface area contributed by atoms with E-state index >= 15 is 0 Å². The Morgan fingerprint density at radius 3 is 2.27 bits per heavy atom. The summed E-state index contributed by atoms with van der Waals surface area (Å²) in [6.45, 7) is 5.89. The molecule has 1 aliphatic heterocycles. The Bertz CT molecular complexity index is 1340. The van der Waals surface area contributed by atoms with Gasteiger partial charge in [-0.05, 0) is 72.5 Å².